The van der Waals surface area contributed by atoms with Crippen LogP contribution in [-0.2, 0) is 11.3 Å². The molecule has 6 nitrogen and oxygen atoms in total. The fourth-order valence-corrected chi connectivity index (χ4v) is 9.40. The number of amides is 3. The van der Waals surface area contributed by atoms with E-state index in [4.69, 9.17) is 0 Å². The van der Waals surface area contributed by atoms with E-state index in [0.717, 1.165) is 29.1 Å². The third-order valence-electron chi connectivity index (χ3n) is 7.03. The lowest BCUT2D eigenvalue weighted by molar-refractivity contribution is -0.150. The van der Waals surface area contributed by atoms with Crippen LogP contribution in [0.15, 0.2) is 54.6 Å². The van der Waals surface area contributed by atoms with Crippen molar-refractivity contribution >= 4 is 35.5 Å². The Bertz CT molecular complexity index is 1060. The first-order valence-electron chi connectivity index (χ1n) is 11.1. The summed E-state index contributed by atoms with van der Waals surface area (Å²) in [6, 6.07) is 18.2. The number of hydrazine groups is 1. The van der Waals surface area contributed by atoms with Crippen LogP contribution < -0.4 is 10.6 Å². The molecule has 0 aliphatic carbocycles. The number of urea groups is 1. The highest BCUT2D eigenvalue weighted by molar-refractivity contribution is 8.19. The minimum Gasteiger partial charge on any atom is -0.329 e. The fraction of sp³-hybridized carbons (Fsp3) is 0.417. The molecule has 3 amide bonds. The van der Waals surface area contributed by atoms with Crippen molar-refractivity contribution in [3.63, 3.8) is 0 Å². The molecule has 2 aromatic rings. The predicted molar refractivity (Wildman–Crippen MR) is 128 cm³/mol. The Balaban J connectivity index is 1.52. The SMILES string of the molecule is Cc1ccc([C@@H]2[C@@H]3NC(=O)N[C@]34N(C(=O)CC43SCCCS3)N2Cc2ccccc2)cc1. The van der Waals surface area contributed by atoms with E-state index in [-0.39, 0.29) is 28.1 Å². The highest BCUT2D eigenvalue weighted by Gasteiger charge is 2.77. The zero-order valence-corrected chi connectivity index (χ0v) is 19.5. The topological polar surface area (TPSA) is 64.7 Å². The van der Waals surface area contributed by atoms with Crippen LogP contribution in [0.25, 0.3) is 0 Å². The fourth-order valence-electron chi connectivity index (χ4n) is 5.73. The average Bonchev–Trinajstić information content (AvgIpc) is 3.34. The Morgan fingerprint density at radius 1 is 1.03 bits per heavy atom. The largest absolute Gasteiger partial charge is 0.329 e. The van der Waals surface area contributed by atoms with Crippen molar-refractivity contribution in [2.45, 2.75) is 48.1 Å². The number of nitrogens with one attached hydrogen (secondary N) is 2. The summed E-state index contributed by atoms with van der Waals surface area (Å²) in [5.41, 5.74) is 2.67. The van der Waals surface area contributed by atoms with Crippen LogP contribution in [-0.4, -0.2) is 49.2 Å². The molecule has 4 fully saturated rings. The number of hydrogen-bond donors (Lipinski definition) is 2. The molecule has 4 heterocycles. The maximum Gasteiger partial charge on any atom is 0.317 e. The molecule has 0 radical (unpaired) electrons. The molecular formula is C24H26N4O2S2. The van der Waals surface area contributed by atoms with Crippen molar-refractivity contribution in [1.29, 1.82) is 0 Å². The zero-order chi connectivity index (χ0) is 21.9. The van der Waals surface area contributed by atoms with Crippen LogP contribution in [0.2, 0.25) is 0 Å². The van der Waals surface area contributed by atoms with Gasteiger partial charge in [0.05, 0.1) is 18.5 Å². The predicted octanol–water partition coefficient (Wildman–Crippen LogP) is 3.64. The number of carbonyl (C=O) groups excluding carboxylic acids is 2. The van der Waals surface area contributed by atoms with Gasteiger partial charge in [-0.2, -0.15) is 0 Å². The number of carbonyl (C=O) groups is 2. The number of nitrogens with zero attached hydrogens (tertiary/aromatic N) is 2. The summed E-state index contributed by atoms with van der Waals surface area (Å²) in [6.45, 7) is 2.68. The quantitative estimate of drug-likeness (QED) is 0.723. The molecule has 4 aliphatic rings. The van der Waals surface area contributed by atoms with E-state index in [2.05, 4.69) is 59.0 Å². The molecule has 4 aliphatic heterocycles. The summed E-state index contributed by atoms with van der Waals surface area (Å²) in [5, 5.41) is 10.6. The number of benzene rings is 2. The van der Waals surface area contributed by atoms with Gasteiger partial charge < -0.3 is 10.6 Å². The van der Waals surface area contributed by atoms with E-state index in [1.165, 1.54) is 5.56 Å². The molecule has 0 saturated carbocycles. The van der Waals surface area contributed by atoms with E-state index < -0.39 is 5.66 Å². The number of rotatable bonds is 3. The first kappa shape index (κ1) is 20.4. The van der Waals surface area contributed by atoms with Crippen molar-refractivity contribution in [1.82, 2.24) is 20.7 Å². The molecule has 2 aromatic carbocycles. The standard InChI is InChI=1S/C24H26N4O2S2/c1-16-8-10-18(11-9-16)20-21-24(26-22(30)25-21)23(31-12-5-13-32-23)14-19(29)28(24)27(20)15-17-6-3-2-4-7-17/h2-4,6-11,20-21H,5,12-15H2,1H3,(H2,25,26,30)/t20-,21+,24+/m1/s1. The van der Waals surface area contributed by atoms with Gasteiger partial charge in [-0.25, -0.2) is 14.8 Å². The van der Waals surface area contributed by atoms with E-state index in [9.17, 15) is 9.59 Å². The smallest absolute Gasteiger partial charge is 0.317 e. The third-order valence-corrected chi connectivity index (χ3v) is 10.6. The molecule has 0 aromatic heterocycles. The van der Waals surface area contributed by atoms with Crippen LogP contribution in [0, 0.1) is 6.92 Å². The molecular weight excluding hydrogens is 440 g/mol. The van der Waals surface area contributed by atoms with Crippen molar-refractivity contribution in [3.05, 3.63) is 71.3 Å². The van der Waals surface area contributed by atoms with Gasteiger partial charge in [0.2, 0.25) is 5.91 Å². The second-order valence-corrected chi connectivity index (χ2v) is 12.0. The number of thioether (sulfide) groups is 2. The van der Waals surface area contributed by atoms with E-state index >= 15 is 0 Å². The van der Waals surface area contributed by atoms with E-state index in [1.54, 1.807) is 0 Å². The molecule has 0 unspecified atom stereocenters. The Kier molecular flexibility index (Phi) is 4.75. The molecule has 2 N–H and O–H groups in total. The summed E-state index contributed by atoms with van der Waals surface area (Å²) in [5.74, 6) is 2.10. The second kappa shape index (κ2) is 7.43. The van der Waals surface area contributed by atoms with Gasteiger partial charge in [-0.3, -0.25) is 4.79 Å². The van der Waals surface area contributed by atoms with Crippen molar-refractivity contribution in [2.75, 3.05) is 11.5 Å². The summed E-state index contributed by atoms with van der Waals surface area (Å²) in [4.78, 5) is 26.5. The Labute approximate surface area is 196 Å². The van der Waals surface area contributed by atoms with Gasteiger partial charge in [0, 0.05) is 6.54 Å². The monoisotopic (exact) mass is 466 g/mol. The van der Waals surface area contributed by atoms with E-state index in [1.807, 2.05) is 46.7 Å². The van der Waals surface area contributed by atoms with E-state index in [0.29, 0.717) is 13.0 Å². The van der Waals surface area contributed by atoms with Crippen LogP contribution in [0.5, 0.6) is 0 Å². The van der Waals surface area contributed by atoms with Crippen molar-refractivity contribution in [2.24, 2.45) is 0 Å². The van der Waals surface area contributed by atoms with Crippen molar-refractivity contribution in [3.8, 4) is 0 Å². The molecule has 6 rings (SSSR count). The molecule has 32 heavy (non-hydrogen) atoms. The minimum atomic E-state index is -0.777. The molecule has 166 valence electrons. The summed E-state index contributed by atoms with van der Waals surface area (Å²) >= 11 is 3.70. The summed E-state index contributed by atoms with van der Waals surface area (Å²) in [7, 11) is 0. The van der Waals surface area contributed by atoms with Gasteiger partial charge in [-0.1, -0.05) is 60.2 Å². The van der Waals surface area contributed by atoms with Gasteiger partial charge in [0.1, 0.15) is 4.08 Å². The lowest BCUT2D eigenvalue weighted by atomic mass is 9.89. The van der Waals surface area contributed by atoms with Gasteiger partial charge in [0.15, 0.2) is 5.66 Å². The first-order chi connectivity index (χ1) is 15.5. The van der Waals surface area contributed by atoms with Crippen LogP contribution >= 0.6 is 23.5 Å². The maximum absolute atomic E-state index is 13.7. The number of aryl methyl sites for hydroxylation is 1. The first-order valence-corrected chi connectivity index (χ1v) is 13.1. The summed E-state index contributed by atoms with van der Waals surface area (Å²) < 4.78 is -0.388. The van der Waals surface area contributed by atoms with Gasteiger partial charge in [0.25, 0.3) is 0 Å². The second-order valence-electron chi connectivity index (χ2n) is 8.97. The molecule has 4 saturated heterocycles. The van der Waals surface area contributed by atoms with Crippen LogP contribution in [0.1, 0.15) is 35.6 Å². The Morgan fingerprint density at radius 3 is 2.47 bits per heavy atom. The normalized spacial score (nSPS) is 30.8. The molecule has 3 atom stereocenters. The highest BCUT2D eigenvalue weighted by atomic mass is 32.2. The van der Waals surface area contributed by atoms with Crippen LogP contribution in [0.3, 0.4) is 0 Å². The Hall–Kier alpha value is -2.16. The minimum absolute atomic E-state index is 0.0893. The lowest BCUT2D eigenvalue weighted by Gasteiger charge is -2.45. The van der Waals surface area contributed by atoms with Crippen molar-refractivity contribution < 1.29 is 9.59 Å². The molecule has 0 bridgehead atoms. The highest BCUT2D eigenvalue weighted by Crippen LogP contribution is 2.64. The molecule has 2 spiro atoms. The number of hydrogen-bond acceptors (Lipinski definition) is 5. The van der Waals surface area contributed by atoms with Gasteiger partial charge >= 0.3 is 6.03 Å². The lowest BCUT2D eigenvalue weighted by Crippen LogP contribution is -2.66. The summed E-state index contributed by atoms with van der Waals surface area (Å²) in [6.07, 6.45) is 1.56. The van der Waals surface area contributed by atoms with Gasteiger partial charge in [-0.05, 0) is 36.0 Å². The zero-order valence-electron chi connectivity index (χ0n) is 17.9. The average molecular weight is 467 g/mol. The molecule has 8 heteroatoms. The maximum atomic E-state index is 13.7. The van der Waals surface area contributed by atoms with Crippen LogP contribution in [0.4, 0.5) is 4.79 Å². The third kappa shape index (κ3) is 2.79. The van der Waals surface area contributed by atoms with Gasteiger partial charge in [-0.15, -0.1) is 23.5 Å². The Morgan fingerprint density at radius 2 is 1.75 bits per heavy atom.